The zero-order valence-electron chi connectivity index (χ0n) is 6.83. The van der Waals surface area contributed by atoms with Gasteiger partial charge in [0.15, 0.2) is 0 Å². The first-order chi connectivity index (χ1) is 5.38. The highest BCUT2D eigenvalue weighted by molar-refractivity contribution is 7.99. The van der Waals surface area contributed by atoms with Crippen LogP contribution in [-0.4, -0.2) is 12.5 Å². The maximum absolute atomic E-state index is 2.20. The number of hydrogen-bond donors (Lipinski definition) is 0. The summed E-state index contributed by atoms with van der Waals surface area (Å²) >= 11 is 3.69. The molecule has 0 amide bonds. The number of benzene rings is 1. The number of hydrogen-bond acceptors (Lipinski definition) is 2. The molecule has 60 valence electrons. The molecule has 0 aromatic heterocycles. The minimum Gasteiger partial charge on any atom is -0.161 e. The fraction of sp³-hybridized carbons (Fsp3) is 0.333. The molecular formula is C9H12S2. The van der Waals surface area contributed by atoms with Gasteiger partial charge in [0.2, 0.25) is 0 Å². The van der Waals surface area contributed by atoms with E-state index in [1.807, 2.05) is 23.5 Å². The smallest absolute Gasteiger partial charge is 0.0192 e. The monoisotopic (exact) mass is 184 g/mol. The van der Waals surface area contributed by atoms with Crippen LogP contribution >= 0.6 is 23.5 Å². The third kappa shape index (κ3) is 2.46. The molecule has 0 fully saturated rings. The van der Waals surface area contributed by atoms with Crippen LogP contribution < -0.4 is 0 Å². The Morgan fingerprint density at radius 1 is 1.18 bits per heavy atom. The molecule has 0 N–H and O–H groups in total. The van der Waals surface area contributed by atoms with E-state index >= 15 is 0 Å². The van der Waals surface area contributed by atoms with Crippen molar-refractivity contribution in [2.45, 2.75) is 10.6 Å². The maximum Gasteiger partial charge on any atom is 0.0192 e. The van der Waals surface area contributed by atoms with Gasteiger partial charge in [0.1, 0.15) is 0 Å². The van der Waals surface area contributed by atoms with Gasteiger partial charge in [0.25, 0.3) is 0 Å². The number of thioether (sulfide) groups is 2. The standard InChI is InChI=1S/C9H12S2/c1-10-7-8-5-3-4-6-9(8)11-2/h3-6H,7H2,1-2H3. The van der Waals surface area contributed by atoms with Crippen LogP contribution in [-0.2, 0) is 5.75 Å². The fourth-order valence-electron chi connectivity index (χ4n) is 0.978. The summed E-state index contributed by atoms with van der Waals surface area (Å²) in [7, 11) is 0. The van der Waals surface area contributed by atoms with Crippen molar-refractivity contribution in [1.29, 1.82) is 0 Å². The largest absolute Gasteiger partial charge is 0.161 e. The van der Waals surface area contributed by atoms with Gasteiger partial charge in [-0.05, 0) is 24.1 Å². The quantitative estimate of drug-likeness (QED) is 0.661. The van der Waals surface area contributed by atoms with Gasteiger partial charge in [-0.3, -0.25) is 0 Å². The van der Waals surface area contributed by atoms with Gasteiger partial charge in [-0.1, -0.05) is 18.2 Å². The molecule has 0 radical (unpaired) electrons. The van der Waals surface area contributed by atoms with E-state index in [-0.39, 0.29) is 0 Å². The molecule has 0 atom stereocenters. The Labute approximate surface area is 76.8 Å². The van der Waals surface area contributed by atoms with E-state index in [2.05, 4.69) is 36.8 Å². The zero-order chi connectivity index (χ0) is 8.10. The second-order valence-electron chi connectivity index (χ2n) is 2.24. The van der Waals surface area contributed by atoms with E-state index in [0.717, 1.165) is 5.75 Å². The van der Waals surface area contributed by atoms with Crippen LogP contribution in [0.5, 0.6) is 0 Å². The molecule has 0 spiro atoms. The van der Waals surface area contributed by atoms with Gasteiger partial charge in [-0.25, -0.2) is 0 Å². The molecule has 0 saturated heterocycles. The van der Waals surface area contributed by atoms with Crippen LogP contribution in [0.2, 0.25) is 0 Å². The van der Waals surface area contributed by atoms with Gasteiger partial charge < -0.3 is 0 Å². The first kappa shape index (κ1) is 9.01. The highest BCUT2D eigenvalue weighted by atomic mass is 32.2. The molecule has 11 heavy (non-hydrogen) atoms. The maximum atomic E-state index is 2.20. The predicted molar refractivity (Wildman–Crippen MR) is 55.4 cm³/mol. The fourth-order valence-corrected chi connectivity index (χ4v) is 2.25. The van der Waals surface area contributed by atoms with Crippen LogP contribution in [0.3, 0.4) is 0 Å². The van der Waals surface area contributed by atoms with Gasteiger partial charge in [0, 0.05) is 10.6 Å². The van der Waals surface area contributed by atoms with E-state index < -0.39 is 0 Å². The summed E-state index contributed by atoms with van der Waals surface area (Å²) in [5, 5.41) is 0. The lowest BCUT2D eigenvalue weighted by Crippen LogP contribution is -1.82. The van der Waals surface area contributed by atoms with Crippen LogP contribution in [0.25, 0.3) is 0 Å². The topological polar surface area (TPSA) is 0 Å². The summed E-state index contributed by atoms with van der Waals surface area (Å²) < 4.78 is 0. The Morgan fingerprint density at radius 3 is 2.55 bits per heavy atom. The second kappa shape index (κ2) is 4.73. The van der Waals surface area contributed by atoms with Crippen molar-refractivity contribution in [3.05, 3.63) is 29.8 Å². The van der Waals surface area contributed by atoms with Gasteiger partial charge in [-0.2, -0.15) is 11.8 Å². The first-order valence-corrected chi connectivity index (χ1v) is 6.11. The molecule has 2 heteroatoms. The molecule has 0 saturated carbocycles. The van der Waals surface area contributed by atoms with E-state index in [0.29, 0.717) is 0 Å². The summed E-state index contributed by atoms with van der Waals surface area (Å²) in [6, 6.07) is 8.57. The van der Waals surface area contributed by atoms with Crippen molar-refractivity contribution in [2.75, 3.05) is 12.5 Å². The normalized spacial score (nSPS) is 10.0. The first-order valence-electron chi connectivity index (χ1n) is 3.49. The van der Waals surface area contributed by atoms with Crippen LogP contribution in [0.4, 0.5) is 0 Å². The minimum atomic E-state index is 1.12. The molecule has 0 aliphatic heterocycles. The van der Waals surface area contributed by atoms with Gasteiger partial charge >= 0.3 is 0 Å². The molecule has 1 aromatic rings. The van der Waals surface area contributed by atoms with Gasteiger partial charge in [-0.15, -0.1) is 11.8 Å². The van der Waals surface area contributed by atoms with E-state index in [1.54, 1.807) is 0 Å². The van der Waals surface area contributed by atoms with Crippen molar-refractivity contribution < 1.29 is 0 Å². The Bertz CT molecular complexity index is 221. The van der Waals surface area contributed by atoms with E-state index in [4.69, 9.17) is 0 Å². The van der Waals surface area contributed by atoms with Crippen molar-refractivity contribution in [3.63, 3.8) is 0 Å². The highest BCUT2D eigenvalue weighted by Gasteiger charge is 1.97. The third-order valence-corrected chi connectivity index (χ3v) is 2.93. The van der Waals surface area contributed by atoms with Crippen molar-refractivity contribution in [1.82, 2.24) is 0 Å². The van der Waals surface area contributed by atoms with Crippen LogP contribution in [0.1, 0.15) is 5.56 Å². The Balaban J connectivity index is 2.83. The Kier molecular flexibility index (Phi) is 3.87. The summed E-state index contributed by atoms with van der Waals surface area (Å²) in [4.78, 5) is 1.40. The lowest BCUT2D eigenvalue weighted by Gasteiger charge is -2.03. The van der Waals surface area contributed by atoms with Crippen molar-refractivity contribution in [3.8, 4) is 0 Å². The molecule has 0 bridgehead atoms. The Hall–Kier alpha value is -0.0800. The molecule has 1 aromatic carbocycles. The summed E-state index contributed by atoms with van der Waals surface area (Å²) in [5.41, 5.74) is 1.45. The van der Waals surface area contributed by atoms with E-state index in [1.165, 1.54) is 10.5 Å². The van der Waals surface area contributed by atoms with Crippen LogP contribution in [0, 0.1) is 0 Å². The van der Waals surface area contributed by atoms with Crippen molar-refractivity contribution in [2.24, 2.45) is 0 Å². The zero-order valence-corrected chi connectivity index (χ0v) is 8.47. The highest BCUT2D eigenvalue weighted by Crippen LogP contribution is 2.22. The van der Waals surface area contributed by atoms with Crippen molar-refractivity contribution >= 4 is 23.5 Å². The minimum absolute atomic E-state index is 1.12. The van der Waals surface area contributed by atoms with Crippen LogP contribution in [0.15, 0.2) is 29.2 Å². The molecule has 1 rings (SSSR count). The SMILES string of the molecule is CSCc1ccccc1SC. The molecule has 0 aliphatic rings. The average molecular weight is 184 g/mol. The summed E-state index contributed by atoms with van der Waals surface area (Å²) in [5.74, 6) is 1.12. The van der Waals surface area contributed by atoms with Gasteiger partial charge in [0.05, 0.1) is 0 Å². The summed E-state index contributed by atoms with van der Waals surface area (Å²) in [6.45, 7) is 0. The molecule has 0 unspecified atom stereocenters. The Morgan fingerprint density at radius 2 is 1.91 bits per heavy atom. The number of rotatable bonds is 3. The molecule has 0 heterocycles. The third-order valence-electron chi connectivity index (χ3n) is 1.49. The van der Waals surface area contributed by atoms with E-state index in [9.17, 15) is 0 Å². The average Bonchev–Trinajstić information content (AvgIpc) is 2.06. The molecule has 0 aliphatic carbocycles. The lowest BCUT2D eigenvalue weighted by atomic mass is 10.2. The molecular weight excluding hydrogens is 172 g/mol. The second-order valence-corrected chi connectivity index (χ2v) is 3.96. The predicted octanol–water partition coefficient (Wildman–Crippen LogP) is 3.27. The summed E-state index contributed by atoms with van der Waals surface area (Å²) in [6.07, 6.45) is 4.26. The lowest BCUT2D eigenvalue weighted by molar-refractivity contribution is 1.27. The molecule has 0 nitrogen and oxygen atoms in total.